The van der Waals surface area contributed by atoms with Gasteiger partial charge in [0.15, 0.2) is 11.4 Å². The smallest absolute Gasteiger partial charge is 0.334 e. The summed E-state index contributed by atoms with van der Waals surface area (Å²) in [6.45, 7) is 9.59. The van der Waals surface area contributed by atoms with E-state index in [0.717, 1.165) is 18.4 Å². The minimum Gasteiger partial charge on any atom is -0.460 e. The fraction of sp³-hybridized carbons (Fsp3) is 0.600. The maximum absolute atomic E-state index is 13.2. The van der Waals surface area contributed by atoms with Crippen LogP contribution in [0.5, 0.6) is 0 Å². The molecule has 5 heteroatoms. The van der Waals surface area contributed by atoms with Gasteiger partial charge >= 0.3 is 5.97 Å². The summed E-state index contributed by atoms with van der Waals surface area (Å²) in [4.78, 5) is 25.8. The molecule has 3 aliphatic rings. The summed E-state index contributed by atoms with van der Waals surface area (Å²) < 4.78 is 17.6. The lowest BCUT2D eigenvalue weighted by Gasteiger charge is -2.49. The predicted octanol–water partition coefficient (Wildman–Crippen LogP) is 3.91. The number of hydrogen-bond acceptors (Lipinski definition) is 5. The number of hydrogen-bond donors (Lipinski definition) is 0. The number of esters is 1. The molecular formula is C20H24O5. The van der Waals surface area contributed by atoms with Gasteiger partial charge in [-0.05, 0) is 45.1 Å². The van der Waals surface area contributed by atoms with Gasteiger partial charge < -0.3 is 13.9 Å². The first kappa shape index (κ1) is 16.6. The van der Waals surface area contributed by atoms with Gasteiger partial charge in [-0.1, -0.05) is 19.9 Å². The van der Waals surface area contributed by atoms with Crippen LogP contribution in [0.25, 0.3) is 0 Å². The van der Waals surface area contributed by atoms with Crippen molar-refractivity contribution in [2.24, 2.45) is 11.3 Å². The highest BCUT2D eigenvalue weighted by Crippen LogP contribution is 2.69. The van der Waals surface area contributed by atoms with Crippen molar-refractivity contribution in [3.8, 4) is 0 Å². The molecule has 5 atom stereocenters. The van der Waals surface area contributed by atoms with E-state index in [2.05, 4.69) is 6.92 Å². The normalized spacial score (nSPS) is 39.3. The number of carbonyl (C=O) groups is 2. The van der Waals surface area contributed by atoms with E-state index in [1.807, 2.05) is 20.8 Å². The molecule has 4 rings (SSSR count). The van der Waals surface area contributed by atoms with E-state index in [-0.39, 0.29) is 23.8 Å². The first-order valence-electron chi connectivity index (χ1n) is 8.93. The third-order valence-corrected chi connectivity index (χ3v) is 6.76. The summed E-state index contributed by atoms with van der Waals surface area (Å²) >= 11 is 0. The second-order valence-corrected chi connectivity index (χ2v) is 7.85. The van der Waals surface area contributed by atoms with Crippen LogP contribution in [-0.2, 0) is 14.3 Å². The van der Waals surface area contributed by atoms with E-state index in [0.29, 0.717) is 16.9 Å². The number of Topliss-reactive ketones (excluding diaryl/α,β-unsaturated/α-hetero) is 1. The fourth-order valence-corrected chi connectivity index (χ4v) is 4.81. The molecular weight excluding hydrogens is 320 g/mol. The summed E-state index contributed by atoms with van der Waals surface area (Å²) in [5.74, 6) is 0.0216. The Bertz CT molecular complexity index is 803. The highest BCUT2D eigenvalue weighted by molar-refractivity contribution is 6.06. The van der Waals surface area contributed by atoms with Gasteiger partial charge in [-0.15, -0.1) is 0 Å². The molecule has 5 nitrogen and oxygen atoms in total. The van der Waals surface area contributed by atoms with E-state index < -0.39 is 17.1 Å². The maximum Gasteiger partial charge on any atom is 0.334 e. The summed E-state index contributed by atoms with van der Waals surface area (Å²) in [5.41, 5.74) is 0.576. The maximum atomic E-state index is 13.2. The molecule has 0 amide bonds. The van der Waals surface area contributed by atoms with E-state index in [9.17, 15) is 9.59 Å². The van der Waals surface area contributed by atoms with Gasteiger partial charge in [-0.2, -0.15) is 0 Å². The Morgan fingerprint density at radius 3 is 2.80 bits per heavy atom. The molecule has 1 saturated carbocycles. The Kier molecular flexibility index (Phi) is 3.36. The third kappa shape index (κ3) is 1.82. The summed E-state index contributed by atoms with van der Waals surface area (Å²) in [6.07, 6.45) is 4.44. The van der Waals surface area contributed by atoms with Crippen LogP contribution in [0.15, 0.2) is 22.3 Å². The Morgan fingerprint density at radius 2 is 2.12 bits per heavy atom. The molecule has 0 radical (unpaired) electrons. The Morgan fingerprint density at radius 1 is 1.40 bits per heavy atom. The molecule has 1 aromatic rings. The lowest BCUT2D eigenvalue weighted by Crippen LogP contribution is -2.57. The zero-order chi connectivity index (χ0) is 18.1. The number of epoxide rings is 1. The van der Waals surface area contributed by atoms with Crippen molar-refractivity contribution < 1.29 is 23.5 Å². The molecule has 1 aliphatic heterocycles. The standard InChI is InChI=1S/C20H24O5/c1-6-10(2)18(22)24-17-14-11(3)9-23-15(14)16(21)20-13(25-20)8-7-12(4)19(17,20)5/h6,9,12-13,17H,7-8H2,1-5H3/b10-6+/t12-,13+,17+,19-,20-/m0/s1. The molecule has 2 aliphatic carbocycles. The van der Waals surface area contributed by atoms with Gasteiger partial charge in [-0.3, -0.25) is 4.79 Å². The Labute approximate surface area is 147 Å². The second kappa shape index (κ2) is 5.07. The van der Waals surface area contributed by atoms with Crippen LogP contribution in [0, 0.1) is 18.3 Å². The zero-order valence-corrected chi connectivity index (χ0v) is 15.3. The molecule has 2 heterocycles. The van der Waals surface area contributed by atoms with Crippen molar-refractivity contribution in [3.63, 3.8) is 0 Å². The number of furan rings is 1. The van der Waals surface area contributed by atoms with Crippen molar-refractivity contribution in [1.82, 2.24) is 0 Å². The average molecular weight is 344 g/mol. The van der Waals surface area contributed by atoms with Crippen molar-refractivity contribution in [1.29, 1.82) is 0 Å². The van der Waals surface area contributed by atoms with Crippen molar-refractivity contribution >= 4 is 11.8 Å². The number of ether oxygens (including phenoxy) is 2. The summed E-state index contributed by atoms with van der Waals surface area (Å²) in [7, 11) is 0. The van der Waals surface area contributed by atoms with Crippen LogP contribution < -0.4 is 0 Å². The number of aryl methyl sites for hydroxylation is 1. The highest BCUT2D eigenvalue weighted by Gasteiger charge is 2.80. The Balaban J connectivity index is 1.90. The first-order chi connectivity index (χ1) is 11.8. The third-order valence-electron chi connectivity index (χ3n) is 6.76. The van der Waals surface area contributed by atoms with E-state index in [4.69, 9.17) is 13.9 Å². The van der Waals surface area contributed by atoms with Crippen molar-refractivity contribution in [2.45, 2.75) is 65.3 Å². The minimum atomic E-state index is -0.920. The van der Waals surface area contributed by atoms with Crippen LogP contribution in [-0.4, -0.2) is 23.5 Å². The van der Waals surface area contributed by atoms with Gasteiger partial charge in [0.25, 0.3) is 0 Å². The molecule has 1 spiro atoms. The molecule has 0 bridgehead atoms. The lowest BCUT2D eigenvalue weighted by atomic mass is 9.53. The second-order valence-electron chi connectivity index (χ2n) is 7.85. The van der Waals surface area contributed by atoms with Crippen LogP contribution in [0.1, 0.15) is 68.3 Å². The molecule has 1 aromatic heterocycles. The molecule has 1 saturated heterocycles. The number of allylic oxidation sites excluding steroid dienone is 1. The number of rotatable bonds is 2. The van der Waals surface area contributed by atoms with Gasteiger partial charge in [0.2, 0.25) is 5.78 Å². The molecule has 25 heavy (non-hydrogen) atoms. The van der Waals surface area contributed by atoms with Crippen molar-refractivity contribution in [3.05, 3.63) is 34.8 Å². The van der Waals surface area contributed by atoms with Gasteiger partial charge in [0, 0.05) is 11.1 Å². The molecule has 0 N–H and O–H groups in total. The van der Waals surface area contributed by atoms with Gasteiger partial charge in [0.1, 0.15) is 6.10 Å². The predicted molar refractivity (Wildman–Crippen MR) is 90.1 cm³/mol. The number of carbonyl (C=O) groups excluding carboxylic acids is 2. The van der Waals surface area contributed by atoms with Crippen LogP contribution in [0.2, 0.25) is 0 Å². The number of fused-ring (bicyclic) bond motifs is 1. The van der Waals surface area contributed by atoms with Gasteiger partial charge in [-0.25, -0.2) is 4.79 Å². The number of ketones is 1. The van der Waals surface area contributed by atoms with Gasteiger partial charge in [0.05, 0.1) is 17.8 Å². The largest absolute Gasteiger partial charge is 0.460 e. The SMILES string of the molecule is C/C=C(\C)C(=O)O[C@@H]1c2c(C)coc2C(=O)[C@@]23O[C@@H]2CC[C@H](C)[C@@]13C. The first-order valence-corrected chi connectivity index (χ1v) is 8.93. The molecule has 134 valence electrons. The van der Waals surface area contributed by atoms with Crippen LogP contribution in [0.3, 0.4) is 0 Å². The average Bonchev–Trinajstić information content (AvgIpc) is 3.23. The van der Waals surface area contributed by atoms with Crippen LogP contribution >= 0.6 is 0 Å². The Hall–Kier alpha value is -1.88. The molecule has 2 fully saturated rings. The topological polar surface area (TPSA) is 69.0 Å². The fourth-order valence-electron chi connectivity index (χ4n) is 4.81. The van der Waals surface area contributed by atoms with E-state index in [1.54, 1.807) is 19.3 Å². The minimum absolute atomic E-state index is 0.0929. The highest BCUT2D eigenvalue weighted by atomic mass is 16.6. The zero-order valence-electron chi connectivity index (χ0n) is 15.3. The van der Waals surface area contributed by atoms with E-state index in [1.165, 1.54) is 0 Å². The molecule has 0 unspecified atom stereocenters. The molecule has 0 aromatic carbocycles. The quantitative estimate of drug-likeness (QED) is 0.462. The van der Waals surface area contributed by atoms with E-state index >= 15 is 0 Å². The van der Waals surface area contributed by atoms with Crippen molar-refractivity contribution in [2.75, 3.05) is 0 Å². The lowest BCUT2D eigenvalue weighted by molar-refractivity contribution is -0.161. The summed E-state index contributed by atoms with van der Waals surface area (Å²) in [5, 5.41) is 0. The van der Waals surface area contributed by atoms with Crippen LogP contribution in [0.4, 0.5) is 0 Å². The summed E-state index contributed by atoms with van der Waals surface area (Å²) in [6, 6.07) is 0. The monoisotopic (exact) mass is 344 g/mol.